The molecule has 0 saturated carbocycles. The number of carbonyl (C=O) groups is 2. The Labute approximate surface area is 138 Å². The second kappa shape index (κ2) is 8.19. The molecule has 1 heterocycles. The van der Waals surface area contributed by atoms with Gasteiger partial charge in [0.1, 0.15) is 5.03 Å². The van der Waals surface area contributed by atoms with Gasteiger partial charge in [-0.05, 0) is 36.1 Å². The van der Waals surface area contributed by atoms with Crippen molar-refractivity contribution in [3.8, 4) is 0 Å². The van der Waals surface area contributed by atoms with E-state index < -0.39 is 6.09 Å². The van der Waals surface area contributed by atoms with Crippen molar-refractivity contribution in [2.24, 2.45) is 0 Å². The molecule has 2 rings (SSSR count). The molecule has 2 N–H and O–H groups in total. The number of benzene rings is 1. The van der Waals surface area contributed by atoms with Crippen molar-refractivity contribution in [2.75, 3.05) is 18.7 Å². The van der Waals surface area contributed by atoms with Gasteiger partial charge in [-0.25, -0.2) is 9.78 Å². The molecular weight excluding hydrogens is 314 g/mol. The predicted molar refractivity (Wildman–Crippen MR) is 89.7 cm³/mol. The van der Waals surface area contributed by atoms with Crippen LogP contribution in [0.4, 0.5) is 10.5 Å². The number of ether oxygens (including phenoxy) is 1. The molecule has 1 aromatic carbocycles. The van der Waals surface area contributed by atoms with E-state index >= 15 is 0 Å². The Bertz CT molecular complexity index is 689. The Morgan fingerprint density at radius 2 is 1.96 bits per heavy atom. The third-order valence-electron chi connectivity index (χ3n) is 3.05. The zero-order valence-corrected chi connectivity index (χ0v) is 13.6. The summed E-state index contributed by atoms with van der Waals surface area (Å²) in [7, 11) is 1.31. The summed E-state index contributed by atoms with van der Waals surface area (Å²) in [4.78, 5) is 27.5. The Hall–Kier alpha value is -2.54. The van der Waals surface area contributed by atoms with E-state index in [-0.39, 0.29) is 5.91 Å². The molecule has 0 aliphatic rings. The number of rotatable bonds is 5. The Morgan fingerprint density at radius 1 is 1.22 bits per heavy atom. The van der Waals surface area contributed by atoms with E-state index in [1.54, 1.807) is 30.5 Å². The summed E-state index contributed by atoms with van der Waals surface area (Å²) in [6.07, 6.45) is 3.02. The summed E-state index contributed by atoms with van der Waals surface area (Å²) in [5, 5.41) is 6.12. The molecule has 0 bridgehead atoms. The van der Waals surface area contributed by atoms with Crippen LogP contribution in [0.15, 0.2) is 47.6 Å². The molecule has 6 nitrogen and oxygen atoms in total. The fourth-order valence-electron chi connectivity index (χ4n) is 1.88. The number of pyridine rings is 1. The number of hydrogen-bond donors (Lipinski definition) is 2. The van der Waals surface area contributed by atoms with E-state index in [1.165, 1.54) is 18.9 Å². The molecule has 0 saturated heterocycles. The highest BCUT2D eigenvalue weighted by Gasteiger charge is 2.11. The Kier molecular flexibility index (Phi) is 5.99. The summed E-state index contributed by atoms with van der Waals surface area (Å²) in [5.41, 5.74) is 2.11. The molecule has 1 aromatic heterocycles. The maximum absolute atomic E-state index is 12.2. The number of methoxy groups -OCH3 is 1. The minimum Gasteiger partial charge on any atom is -0.453 e. The largest absolute Gasteiger partial charge is 0.453 e. The second-order valence-corrected chi connectivity index (χ2v) is 5.35. The van der Waals surface area contributed by atoms with Crippen LogP contribution in [0.5, 0.6) is 0 Å². The molecule has 0 unspecified atom stereocenters. The highest BCUT2D eigenvalue weighted by atomic mass is 32.2. The zero-order chi connectivity index (χ0) is 16.7. The molecule has 0 aliphatic carbocycles. The van der Waals surface area contributed by atoms with Gasteiger partial charge in [-0.1, -0.05) is 12.1 Å². The first-order chi connectivity index (χ1) is 11.1. The van der Waals surface area contributed by atoms with E-state index in [0.717, 1.165) is 5.56 Å². The summed E-state index contributed by atoms with van der Waals surface area (Å²) in [6, 6.07) is 10.6. The van der Waals surface area contributed by atoms with Gasteiger partial charge < -0.3 is 10.1 Å². The van der Waals surface area contributed by atoms with Gasteiger partial charge >= 0.3 is 6.09 Å². The van der Waals surface area contributed by atoms with Gasteiger partial charge in [0, 0.05) is 18.4 Å². The third kappa shape index (κ3) is 4.72. The van der Waals surface area contributed by atoms with E-state index in [0.29, 0.717) is 22.8 Å². The van der Waals surface area contributed by atoms with E-state index in [2.05, 4.69) is 20.4 Å². The lowest BCUT2D eigenvalue weighted by Gasteiger charge is -2.09. The molecule has 0 fully saturated rings. The molecule has 0 atom stereocenters. The number of thioether (sulfide) groups is 1. The van der Waals surface area contributed by atoms with Crippen LogP contribution >= 0.6 is 11.8 Å². The number of nitrogens with one attached hydrogen (secondary N) is 2. The van der Waals surface area contributed by atoms with E-state index in [9.17, 15) is 9.59 Å². The summed E-state index contributed by atoms with van der Waals surface area (Å²) in [6.45, 7) is 0.389. The van der Waals surface area contributed by atoms with Gasteiger partial charge in [0.05, 0.1) is 12.7 Å². The maximum atomic E-state index is 12.2. The van der Waals surface area contributed by atoms with Gasteiger partial charge in [0.2, 0.25) is 0 Å². The number of aromatic nitrogens is 1. The second-order valence-electron chi connectivity index (χ2n) is 4.56. The SMILES string of the molecule is COC(=O)Nc1ccc(CNC(=O)c2cccnc2SC)cc1. The summed E-state index contributed by atoms with van der Waals surface area (Å²) in [5.74, 6) is -0.167. The van der Waals surface area contributed by atoms with Gasteiger partial charge in [-0.2, -0.15) is 0 Å². The van der Waals surface area contributed by atoms with Crippen LogP contribution in [0.25, 0.3) is 0 Å². The molecule has 0 aliphatic heterocycles. The highest BCUT2D eigenvalue weighted by molar-refractivity contribution is 7.98. The molecule has 7 heteroatoms. The highest BCUT2D eigenvalue weighted by Crippen LogP contribution is 2.17. The number of amides is 2. The molecular formula is C16H17N3O3S. The average Bonchev–Trinajstić information content (AvgIpc) is 2.60. The lowest BCUT2D eigenvalue weighted by molar-refractivity contribution is 0.0947. The van der Waals surface area contributed by atoms with Crippen LogP contribution in [0, 0.1) is 0 Å². The summed E-state index contributed by atoms with van der Waals surface area (Å²) >= 11 is 1.43. The van der Waals surface area contributed by atoms with Crippen LogP contribution < -0.4 is 10.6 Å². The van der Waals surface area contributed by atoms with E-state index in [1.807, 2.05) is 18.4 Å². The van der Waals surface area contributed by atoms with Gasteiger partial charge in [-0.3, -0.25) is 10.1 Å². The predicted octanol–water partition coefficient (Wildman–Crippen LogP) is 2.91. The van der Waals surface area contributed by atoms with Crippen LogP contribution in [-0.2, 0) is 11.3 Å². The van der Waals surface area contributed by atoms with Crippen molar-refractivity contribution in [3.05, 3.63) is 53.7 Å². The normalized spacial score (nSPS) is 10.0. The number of nitrogens with zero attached hydrogens (tertiary/aromatic N) is 1. The maximum Gasteiger partial charge on any atom is 0.411 e. The standard InChI is InChI=1S/C16H17N3O3S/c1-22-16(21)19-12-7-5-11(6-8-12)10-18-14(20)13-4-3-9-17-15(13)23-2/h3-9H,10H2,1-2H3,(H,18,20)(H,19,21). The number of carbonyl (C=O) groups excluding carboxylic acids is 2. The minimum absolute atomic E-state index is 0.167. The van der Waals surface area contributed by atoms with Crippen molar-refractivity contribution in [1.82, 2.24) is 10.3 Å². The van der Waals surface area contributed by atoms with Crippen molar-refractivity contribution in [2.45, 2.75) is 11.6 Å². The molecule has 120 valence electrons. The zero-order valence-electron chi connectivity index (χ0n) is 12.8. The third-order valence-corrected chi connectivity index (χ3v) is 3.76. The van der Waals surface area contributed by atoms with Crippen LogP contribution in [0.2, 0.25) is 0 Å². The lowest BCUT2D eigenvalue weighted by Crippen LogP contribution is -2.23. The molecule has 2 aromatic rings. The molecule has 0 radical (unpaired) electrons. The van der Waals surface area contributed by atoms with Gasteiger partial charge in [-0.15, -0.1) is 11.8 Å². The van der Waals surface area contributed by atoms with Gasteiger partial charge in [0.25, 0.3) is 5.91 Å². The van der Waals surface area contributed by atoms with Crippen molar-refractivity contribution in [3.63, 3.8) is 0 Å². The molecule has 23 heavy (non-hydrogen) atoms. The fourth-order valence-corrected chi connectivity index (χ4v) is 2.43. The smallest absolute Gasteiger partial charge is 0.411 e. The number of hydrogen-bond acceptors (Lipinski definition) is 5. The van der Waals surface area contributed by atoms with Gasteiger partial charge in [0.15, 0.2) is 0 Å². The topological polar surface area (TPSA) is 80.3 Å². The minimum atomic E-state index is -0.521. The number of anilines is 1. The molecule has 0 spiro atoms. The first-order valence-electron chi connectivity index (χ1n) is 6.85. The quantitative estimate of drug-likeness (QED) is 0.824. The summed E-state index contributed by atoms with van der Waals surface area (Å²) < 4.78 is 4.52. The van der Waals surface area contributed by atoms with Crippen LogP contribution in [0.1, 0.15) is 15.9 Å². The Balaban J connectivity index is 1.95. The first kappa shape index (κ1) is 16.8. The lowest BCUT2D eigenvalue weighted by atomic mass is 10.2. The van der Waals surface area contributed by atoms with Crippen molar-refractivity contribution < 1.29 is 14.3 Å². The van der Waals surface area contributed by atoms with Crippen molar-refractivity contribution >= 4 is 29.4 Å². The Morgan fingerprint density at radius 3 is 2.61 bits per heavy atom. The first-order valence-corrected chi connectivity index (χ1v) is 8.07. The molecule has 2 amide bonds. The fraction of sp³-hybridized carbons (Fsp3) is 0.188. The van der Waals surface area contributed by atoms with E-state index in [4.69, 9.17) is 0 Å². The van der Waals surface area contributed by atoms with Crippen molar-refractivity contribution in [1.29, 1.82) is 0 Å². The van der Waals surface area contributed by atoms with Crippen LogP contribution in [-0.4, -0.2) is 30.3 Å². The average molecular weight is 331 g/mol. The monoisotopic (exact) mass is 331 g/mol. The van der Waals surface area contributed by atoms with Crippen LogP contribution in [0.3, 0.4) is 0 Å².